The number of aromatic nitrogens is 3. The highest BCUT2D eigenvalue weighted by molar-refractivity contribution is 7.99. The Morgan fingerprint density at radius 1 is 1.31 bits per heavy atom. The van der Waals surface area contributed by atoms with Gasteiger partial charge in [-0.3, -0.25) is 4.79 Å². The van der Waals surface area contributed by atoms with Crippen molar-refractivity contribution >= 4 is 29.0 Å². The molecule has 0 aromatic carbocycles. The first-order chi connectivity index (χ1) is 12.7. The Morgan fingerprint density at radius 2 is 2.15 bits per heavy atom. The Bertz CT molecular complexity index is 871. The normalized spacial score (nSPS) is 15.3. The van der Waals surface area contributed by atoms with Crippen LogP contribution in [0.5, 0.6) is 0 Å². The molecule has 1 amide bonds. The van der Waals surface area contributed by atoms with Gasteiger partial charge < -0.3 is 9.42 Å². The quantitative estimate of drug-likeness (QED) is 0.609. The maximum atomic E-state index is 12.4. The lowest BCUT2D eigenvalue weighted by molar-refractivity contribution is 0.0792. The Morgan fingerprint density at radius 3 is 2.85 bits per heavy atom. The van der Waals surface area contributed by atoms with Crippen molar-refractivity contribution in [3.63, 3.8) is 0 Å². The average Bonchev–Trinajstić information content (AvgIpc) is 3.43. The van der Waals surface area contributed by atoms with Crippen LogP contribution >= 0.6 is 23.1 Å². The largest absolute Gasteiger partial charge is 0.339 e. The van der Waals surface area contributed by atoms with Crippen molar-refractivity contribution in [3.8, 4) is 10.7 Å². The number of thiophene rings is 1. The summed E-state index contributed by atoms with van der Waals surface area (Å²) in [6, 6.07) is 7.65. The van der Waals surface area contributed by atoms with Crippen LogP contribution in [0.4, 0.5) is 0 Å². The summed E-state index contributed by atoms with van der Waals surface area (Å²) < 4.78 is 5.39. The van der Waals surface area contributed by atoms with Crippen molar-refractivity contribution in [3.05, 3.63) is 47.3 Å². The topological polar surface area (TPSA) is 72.1 Å². The first kappa shape index (κ1) is 17.2. The average molecular weight is 387 g/mol. The van der Waals surface area contributed by atoms with Gasteiger partial charge in [0.1, 0.15) is 0 Å². The molecule has 4 rings (SSSR count). The molecule has 0 radical (unpaired) electrons. The smallest absolute Gasteiger partial charge is 0.255 e. The van der Waals surface area contributed by atoms with E-state index in [1.165, 1.54) is 11.8 Å². The molecule has 6 nitrogen and oxygen atoms in total. The second-order valence-corrected chi connectivity index (χ2v) is 8.39. The van der Waals surface area contributed by atoms with Crippen LogP contribution in [0.3, 0.4) is 0 Å². The van der Waals surface area contributed by atoms with Crippen LogP contribution in [-0.2, 0) is 0 Å². The summed E-state index contributed by atoms with van der Waals surface area (Å²) in [6.07, 6.45) is 3.82. The molecule has 0 spiro atoms. The fourth-order valence-electron chi connectivity index (χ4n) is 2.82. The lowest BCUT2D eigenvalue weighted by Gasteiger charge is -2.15. The summed E-state index contributed by atoms with van der Waals surface area (Å²) in [5.74, 6) is 1.25. The summed E-state index contributed by atoms with van der Waals surface area (Å²) in [5.41, 5.74) is 0.640. The zero-order chi connectivity index (χ0) is 17.9. The summed E-state index contributed by atoms with van der Waals surface area (Å²) in [4.78, 5) is 24.1. The molecule has 1 unspecified atom stereocenters. The molecule has 8 heteroatoms. The van der Waals surface area contributed by atoms with E-state index < -0.39 is 0 Å². The molecule has 3 aromatic heterocycles. The highest BCUT2D eigenvalue weighted by Crippen LogP contribution is 2.34. The zero-order valence-corrected chi connectivity index (χ0v) is 15.9. The minimum absolute atomic E-state index is 0.0242. The van der Waals surface area contributed by atoms with Gasteiger partial charge in [-0.05, 0) is 43.3 Å². The van der Waals surface area contributed by atoms with Gasteiger partial charge >= 0.3 is 0 Å². The minimum atomic E-state index is -0.0242. The molecule has 1 aliphatic rings. The van der Waals surface area contributed by atoms with Gasteiger partial charge in [0.15, 0.2) is 0 Å². The number of hydrogen-bond donors (Lipinski definition) is 0. The van der Waals surface area contributed by atoms with E-state index in [0.717, 1.165) is 35.8 Å². The molecule has 0 aliphatic carbocycles. The lowest BCUT2D eigenvalue weighted by atomic mass is 10.2. The van der Waals surface area contributed by atoms with E-state index in [1.807, 2.05) is 41.5 Å². The number of rotatable bonds is 5. The predicted molar refractivity (Wildman–Crippen MR) is 101 cm³/mol. The molecular formula is C18H18N4O2S2. The van der Waals surface area contributed by atoms with Gasteiger partial charge in [-0.1, -0.05) is 23.0 Å². The molecule has 1 saturated heterocycles. The van der Waals surface area contributed by atoms with Gasteiger partial charge in [0.25, 0.3) is 5.91 Å². The molecule has 26 heavy (non-hydrogen) atoms. The third kappa shape index (κ3) is 3.66. The summed E-state index contributed by atoms with van der Waals surface area (Å²) in [5, 5.41) is 6.83. The van der Waals surface area contributed by atoms with E-state index in [2.05, 4.69) is 15.1 Å². The van der Waals surface area contributed by atoms with E-state index in [1.54, 1.807) is 17.5 Å². The molecule has 0 saturated carbocycles. The lowest BCUT2D eigenvalue weighted by Crippen LogP contribution is -2.27. The van der Waals surface area contributed by atoms with Crippen LogP contribution in [0.15, 0.2) is 45.4 Å². The number of likely N-dealkylation sites (tertiary alicyclic amines) is 1. The Hall–Kier alpha value is -2.19. The third-order valence-electron chi connectivity index (χ3n) is 4.21. The van der Waals surface area contributed by atoms with Gasteiger partial charge in [0, 0.05) is 19.3 Å². The van der Waals surface area contributed by atoms with Gasteiger partial charge in [0.05, 0.1) is 20.7 Å². The Labute approximate surface area is 159 Å². The monoisotopic (exact) mass is 386 g/mol. The van der Waals surface area contributed by atoms with Crippen molar-refractivity contribution in [2.45, 2.75) is 30.0 Å². The SMILES string of the molecule is CC(Sc1ccc(C(=O)N2CCCC2)cn1)c1nc(-c2cccs2)no1. The van der Waals surface area contributed by atoms with E-state index >= 15 is 0 Å². The van der Waals surface area contributed by atoms with Gasteiger partial charge in [0.2, 0.25) is 11.7 Å². The van der Waals surface area contributed by atoms with Crippen LogP contribution in [0.1, 0.15) is 41.3 Å². The second-order valence-electron chi connectivity index (χ2n) is 6.08. The molecule has 1 aliphatic heterocycles. The molecule has 0 bridgehead atoms. The van der Waals surface area contributed by atoms with Crippen molar-refractivity contribution in [1.29, 1.82) is 0 Å². The third-order valence-corrected chi connectivity index (χ3v) is 6.11. The maximum absolute atomic E-state index is 12.4. The van der Waals surface area contributed by atoms with E-state index in [0.29, 0.717) is 17.3 Å². The highest BCUT2D eigenvalue weighted by atomic mass is 32.2. The van der Waals surface area contributed by atoms with E-state index in [-0.39, 0.29) is 11.2 Å². The number of amides is 1. The van der Waals surface area contributed by atoms with Crippen molar-refractivity contribution in [1.82, 2.24) is 20.0 Å². The minimum Gasteiger partial charge on any atom is -0.339 e. The van der Waals surface area contributed by atoms with Crippen molar-refractivity contribution in [2.24, 2.45) is 0 Å². The van der Waals surface area contributed by atoms with Gasteiger partial charge in [-0.25, -0.2) is 4.98 Å². The van der Waals surface area contributed by atoms with Crippen LogP contribution < -0.4 is 0 Å². The number of carbonyl (C=O) groups excluding carboxylic acids is 1. The predicted octanol–water partition coefficient (Wildman–Crippen LogP) is 4.28. The summed E-state index contributed by atoms with van der Waals surface area (Å²) in [6.45, 7) is 3.69. The number of thioether (sulfide) groups is 1. The molecule has 3 aromatic rings. The molecule has 1 atom stereocenters. The molecule has 4 heterocycles. The molecule has 134 valence electrons. The highest BCUT2D eigenvalue weighted by Gasteiger charge is 2.21. The van der Waals surface area contributed by atoms with E-state index in [4.69, 9.17) is 4.52 Å². The van der Waals surface area contributed by atoms with Crippen LogP contribution in [-0.4, -0.2) is 39.0 Å². The number of hydrogen-bond acceptors (Lipinski definition) is 7. The summed E-state index contributed by atoms with van der Waals surface area (Å²) >= 11 is 3.11. The second kappa shape index (κ2) is 7.59. The molecule has 0 N–H and O–H groups in total. The standard InChI is InChI=1S/C18H18N4O2S2/c1-12(17-20-16(21-24-17)14-5-4-10-25-14)26-15-7-6-13(11-19-15)18(23)22-8-2-3-9-22/h4-7,10-12H,2-3,8-9H2,1H3. The number of carbonyl (C=O) groups is 1. The molecular weight excluding hydrogens is 368 g/mol. The van der Waals surface area contributed by atoms with Gasteiger partial charge in [-0.15, -0.1) is 11.3 Å². The van der Waals surface area contributed by atoms with Crippen LogP contribution in [0.2, 0.25) is 0 Å². The fraction of sp³-hybridized carbons (Fsp3) is 0.333. The Balaban J connectivity index is 1.41. The van der Waals surface area contributed by atoms with Gasteiger partial charge in [-0.2, -0.15) is 4.98 Å². The fourth-order valence-corrected chi connectivity index (χ4v) is 4.29. The molecule has 1 fully saturated rings. The van der Waals surface area contributed by atoms with Crippen LogP contribution in [0.25, 0.3) is 10.7 Å². The van der Waals surface area contributed by atoms with Crippen LogP contribution in [0, 0.1) is 0 Å². The van der Waals surface area contributed by atoms with Crippen molar-refractivity contribution in [2.75, 3.05) is 13.1 Å². The number of nitrogens with zero attached hydrogens (tertiary/aromatic N) is 4. The number of pyridine rings is 1. The zero-order valence-electron chi connectivity index (χ0n) is 14.3. The van der Waals surface area contributed by atoms with E-state index in [9.17, 15) is 4.79 Å². The Kier molecular flexibility index (Phi) is 5.03. The first-order valence-corrected chi connectivity index (χ1v) is 10.3. The maximum Gasteiger partial charge on any atom is 0.255 e. The van der Waals surface area contributed by atoms with Crippen molar-refractivity contribution < 1.29 is 9.32 Å². The first-order valence-electron chi connectivity index (χ1n) is 8.50. The summed E-state index contributed by atoms with van der Waals surface area (Å²) in [7, 11) is 0.